The first kappa shape index (κ1) is 17.2. The number of aromatic nitrogens is 2. The molecule has 1 aliphatic rings. The Bertz CT molecular complexity index is 770. The molecule has 1 aliphatic carbocycles. The number of carbonyl (C=O) groups excluding carboxylic acids is 1. The van der Waals surface area contributed by atoms with Crippen molar-refractivity contribution in [3.63, 3.8) is 0 Å². The first-order valence-corrected chi connectivity index (χ1v) is 8.46. The summed E-state index contributed by atoms with van der Waals surface area (Å²) < 4.78 is 5.43. The summed E-state index contributed by atoms with van der Waals surface area (Å²) in [6, 6.07) is 4.21. The summed E-state index contributed by atoms with van der Waals surface area (Å²) in [6.07, 6.45) is 5.79. The number of pyridine rings is 2. The lowest BCUT2D eigenvalue weighted by molar-refractivity contribution is 0.0782. The van der Waals surface area contributed by atoms with Crippen LogP contribution in [-0.2, 0) is 6.54 Å². The van der Waals surface area contributed by atoms with Crippen LogP contribution in [0.25, 0.3) is 0 Å². The van der Waals surface area contributed by atoms with Crippen LogP contribution < -0.4 is 10.1 Å². The van der Waals surface area contributed by atoms with Gasteiger partial charge in [0.05, 0.1) is 24.9 Å². The van der Waals surface area contributed by atoms with Gasteiger partial charge in [-0.1, -0.05) is 0 Å². The molecular formula is C19H24N4O2. The Morgan fingerprint density at radius 2 is 2.04 bits per heavy atom. The molecule has 1 amide bonds. The highest BCUT2D eigenvalue weighted by Crippen LogP contribution is 2.25. The van der Waals surface area contributed by atoms with E-state index >= 15 is 0 Å². The number of anilines is 1. The number of carbonyl (C=O) groups is 1. The second kappa shape index (κ2) is 7.09. The Kier molecular flexibility index (Phi) is 4.88. The monoisotopic (exact) mass is 340 g/mol. The van der Waals surface area contributed by atoms with Gasteiger partial charge in [0.1, 0.15) is 11.6 Å². The average Bonchev–Trinajstić information content (AvgIpc) is 3.42. The maximum Gasteiger partial charge on any atom is 0.255 e. The van der Waals surface area contributed by atoms with E-state index in [4.69, 9.17) is 4.74 Å². The highest BCUT2D eigenvalue weighted by molar-refractivity contribution is 5.93. The molecule has 1 N–H and O–H groups in total. The lowest BCUT2D eigenvalue weighted by Gasteiger charge is -2.19. The van der Waals surface area contributed by atoms with Crippen molar-refractivity contribution in [3.05, 3.63) is 46.9 Å². The van der Waals surface area contributed by atoms with Gasteiger partial charge in [0.25, 0.3) is 5.91 Å². The minimum Gasteiger partial charge on any atom is -0.496 e. The molecule has 0 bridgehead atoms. The maximum atomic E-state index is 12.6. The number of hydrogen-bond acceptors (Lipinski definition) is 5. The van der Waals surface area contributed by atoms with Crippen LogP contribution in [0.15, 0.2) is 24.5 Å². The third-order valence-corrected chi connectivity index (χ3v) is 4.42. The molecule has 0 spiro atoms. The summed E-state index contributed by atoms with van der Waals surface area (Å²) in [7, 11) is 3.42. The van der Waals surface area contributed by atoms with E-state index < -0.39 is 0 Å². The standard InChI is InChI=1S/C19H24N4O2/c1-12-9-20-16(13(2)18(12)25-4)11-23(3)19(24)14-5-8-17(21-10-14)22-15-6-7-15/h5,8-10,15H,6-7,11H2,1-4H3,(H,21,22). The Hall–Kier alpha value is -2.63. The van der Waals surface area contributed by atoms with Crippen LogP contribution in [0, 0.1) is 13.8 Å². The predicted molar refractivity (Wildman–Crippen MR) is 96.9 cm³/mol. The molecule has 0 saturated heterocycles. The van der Waals surface area contributed by atoms with Gasteiger partial charge in [0, 0.05) is 36.6 Å². The SMILES string of the molecule is COc1c(C)cnc(CN(C)C(=O)c2ccc(NC3CC3)nc2)c1C. The number of ether oxygens (including phenoxy) is 1. The Labute approximate surface area is 148 Å². The van der Waals surface area contributed by atoms with Crippen molar-refractivity contribution in [2.45, 2.75) is 39.3 Å². The van der Waals surface area contributed by atoms with Gasteiger partial charge in [-0.3, -0.25) is 9.78 Å². The molecule has 0 atom stereocenters. The fourth-order valence-electron chi connectivity index (χ4n) is 2.79. The quantitative estimate of drug-likeness (QED) is 0.876. The van der Waals surface area contributed by atoms with Crippen LogP contribution in [0.2, 0.25) is 0 Å². The van der Waals surface area contributed by atoms with Crippen molar-refractivity contribution >= 4 is 11.7 Å². The zero-order valence-electron chi connectivity index (χ0n) is 15.2. The van der Waals surface area contributed by atoms with E-state index in [1.54, 1.807) is 31.5 Å². The fraction of sp³-hybridized carbons (Fsp3) is 0.421. The van der Waals surface area contributed by atoms with Gasteiger partial charge >= 0.3 is 0 Å². The van der Waals surface area contributed by atoms with Crippen LogP contribution in [0.1, 0.15) is 40.0 Å². The number of hydrogen-bond donors (Lipinski definition) is 1. The second-order valence-corrected chi connectivity index (χ2v) is 6.56. The van der Waals surface area contributed by atoms with E-state index in [0.717, 1.165) is 28.4 Å². The summed E-state index contributed by atoms with van der Waals surface area (Å²) in [5, 5.41) is 3.32. The van der Waals surface area contributed by atoms with Crippen molar-refractivity contribution in [3.8, 4) is 5.75 Å². The third kappa shape index (κ3) is 3.90. The van der Waals surface area contributed by atoms with Gasteiger partial charge in [-0.2, -0.15) is 0 Å². The topological polar surface area (TPSA) is 67.3 Å². The fourth-order valence-corrected chi connectivity index (χ4v) is 2.79. The smallest absolute Gasteiger partial charge is 0.255 e. The van der Waals surface area contributed by atoms with Crippen LogP contribution in [-0.4, -0.2) is 41.0 Å². The van der Waals surface area contributed by atoms with E-state index in [1.165, 1.54) is 12.8 Å². The van der Waals surface area contributed by atoms with E-state index in [2.05, 4.69) is 15.3 Å². The highest BCUT2D eigenvalue weighted by atomic mass is 16.5. The van der Waals surface area contributed by atoms with Crippen molar-refractivity contribution in [1.82, 2.24) is 14.9 Å². The Balaban J connectivity index is 1.70. The van der Waals surface area contributed by atoms with Crippen LogP contribution >= 0.6 is 0 Å². The van der Waals surface area contributed by atoms with Crippen LogP contribution in [0.4, 0.5) is 5.82 Å². The maximum absolute atomic E-state index is 12.6. The van der Waals surface area contributed by atoms with Gasteiger partial charge in [0.2, 0.25) is 0 Å². The Morgan fingerprint density at radius 3 is 2.64 bits per heavy atom. The first-order chi connectivity index (χ1) is 12.0. The minimum absolute atomic E-state index is 0.0776. The highest BCUT2D eigenvalue weighted by Gasteiger charge is 2.21. The molecule has 1 saturated carbocycles. The molecule has 2 aromatic rings. The molecule has 132 valence electrons. The number of nitrogens with zero attached hydrogens (tertiary/aromatic N) is 3. The van der Waals surface area contributed by atoms with Gasteiger partial charge in [-0.05, 0) is 38.8 Å². The summed E-state index contributed by atoms with van der Waals surface area (Å²) in [4.78, 5) is 23.1. The molecule has 0 aromatic carbocycles. The van der Waals surface area contributed by atoms with Gasteiger partial charge < -0.3 is 15.0 Å². The molecule has 1 fully saturated rings. The van der Waals surface area contributed by atoms with Gasteiger partial charge in [-0.25, -0.2) is 4.98 Å². The minimum atomic E-state index is -0.0776. The van der Waals surface area contributed by atoms with E-state index in [0.29, 0.717) is 18.2 Å². The van der Waals surface area contributed by atoms with Crippen molar-refractivity contribution in [1.29, 1.82) is 0 Å². The average molecular weight is 340 g/mol. The Morgan fingerprint density at radius 1 is 1.28 bits per heavy atom. The molecular weight excluding hydrogens is 316 g/mol. The van der Waals surface area contributed by atoms with Gasteiger partial charge in [-0.15, -0.1) is 0 Å². The molecule has 0 radical (unpaired) electrons. The summed E-state index contributed by atoms with van der Waals surface area (Å²) in [6.45, 7) is 4.34. The lowest BCUT2D eigenvalue weighted by Crippen LogP contribution is -2.27. The van der Waals surface area contributed by atoms with Crippen LogP contribution in [0.5, 0.6) is 5.75 Å². The largest absolute Gasteiger partial charge is 0.496 e. The molecule has 3 rings (SSSR count). The molecule has 6 heteroatoms. The van der Waals surface area contributed by atoms with Crippen molar-refractivity contribution < 1.29 is 9.53 Å². The number of nitrogens with one attached hydrogen (secondary N) is 1. The van der Waals surface area contributed by atoms with Crippen molar-refractivity contribution in [2.24, 2.45) is 0 Å². The molecule has 0 unspecified atom stereocenters. The molecule has 2 heterocycles. The number of aryl methyl sites for hydroxylation is 1. The zero-order chi connectivity index (χ0) is 18.0. The lowest BCUT2D eigenvalue weighted by atomic mass is 10.1. The third-order valence-electron chi connectivity index (χ3n) is 4.42. The number of rotatable bonds is 6. The van der Waals surface area contributed by atoms with E-state index in [1.807, 2.05) is 26.0 Å². The second-order valence-electron chi connectivity index (χ2n) is 6.56. The molecule has 0 aliphatic heterocycles. The molecule has 6 nitrogen and oxygen atoms in total. The van der Waals surface area contributed by atoms with E-state index in [-0.39, 0.29) is 5.91 Å². The van der Waals surface area contributed by atoms with Crippen LogP contribution in [0.3, 0.4) is 0 Å². The molecule has 25 heavy (non-hydrogen) atoms. The predicted octanol–water partition coefficient (Wildman–Crippen LogP) is 2.95. The number of amides is 1. The summed E-state index contributed by atoms with van der Waals surface area (Å²) in [5.41, 5.74) is 3.35. The van der Waals surface area contributed by atoms with E-state index in [9.17, 15) is 4.79 Å². The normalized spacial score (nSPS) is 13.4. The van der Waals surface area contributed by atoms with Gasteiger partial charge in [0.15, 0.2) is 0 Å². The zero-order valence-corrected chi connectivity index (χ0v) is 15.2. The molecule has 2 aromatic heterocycles. The first-order valence-electron chi connectivity index (χ1n) is 8.46. The number of methoxy groups -OCH3 is 1. The summed E-state index contributed by atoms with van der Waals surface area (Å²) in [5.74, 6) is 1.57. The van der Waals surface area contributed by atoms with Crippen molar-refractivity contribution in [2.75, 3.05) is 19.5 Å². The summed E-state index contributed by atoms with van der Waals surface area (Å²) >= 11 is 0.